The molecule has 0 radical (unpaired) electrons. The van der Waals surface area contributed by atoms with Crippen LogP contribution in [0.5, 0.6) is 0 Å². The van der Waals surface area contributed by atoms with Gasteiger partial charge in [0.1, 0.15) is 0 Å². The van der Waals surface area contributed by atoms with E-state index in [0.29, 0.717) is 12.1 Å². The first-order chi connectivity index (χ1) is 10.6. The zero-order chi connectivity index (χ0) is 15.9. The van der Waals surface area contributed by atoms with E-state index in [1.807, 2.05) is 30.9 Å². The minimum atomic E-state index is -0.0778. The maximum atomic E-state index is 12.1. The van der Waals surface area contributed by atoms with E-state index in [2.05, 4.69) is 10.6 Å². The number of rotatable bonds is 5. The Morgan fingerprint density at radius 3 is 2.32 bits per heavy atom. The van der Waals surface area contributed by atoms with E-state index in [1.165, 1.54) is 6.42 Å². The van der Waals surface area contributed by atoms with E-state index in [0.717, 1.165) is 31.6 Å². The van der Waals surface area contributed by atoms with Crippen LogP contribution in [0.4, 0.5) is 5.69 Å². The third-order valence-electron chi connectivity index (χ3n) is 3.72. The lowest BCUT2D eigenvalue weighted by Gasteiger charge is -2.26. The largest absolute Gasteiger partial charge is 0.376 e. The van der Waals surface area contributed by atoms with Crippen LogP contribution < -0.4 is 10.6 Å². The standard InChI is InChI=1S/C17H25N3O2/c1-13(2)19-17(22)14-6-8-15(9-7-14)18-12-16(21)20-10-4-3-5-11-20/h6-9,13,18H,3-5,10-12H2,1-2H3,(H,19,22). The summed E-state index contributed by atoms with van der Waals surface area (Å²) in [5.74, 6) is 0.0623. The molecular weight excluding hydrogens is 278 g/mol. The number of carbonyl (C=O) groups is 2. The van der Waals surface area contributed by atoms with E-state index in [4.69, 9.17) is 0 Å². The van der Waals surface area contributed by atoms with Crippen molar-refractivity contribution in [2.45, 2.75) is 39.2 Å². The van der Waals surface area contributed by atoms with Gasteiger partial charge in [0, 0.05) is 30.4 Å². The first-order valence-corrected chi connectivity index (χ1v) is 7.99. The highest BCUT2D eigenvalue weighted by Crippen LogP contribution is 2.11. The summed E-state index contributed by atoms with van der Waals surface area (Å²) in [7, 11) is 0. The Hall–Kier alpha value is -2.04. The van der Waals surface area contributed by atoms with Crippen LogP contribution in [-0.4, -0.2) is 42.4 Å². The molecule has 5 heteroatoms. The van der Waals surface area contributed by atoms with Crippen LogP contribution in [0.2, 0.25) is 0 Å². The minimum absolute atomic E-state index is 0.0778. The molecule has 2 amide bonds. The van der Waals surface area contributed by atoms with Crippen molar-refractivity contribution >= 4 is 17.5 Å². The highest BCUT2D eigenvalue weighted by atomic mass is 16.2. The van der Waals surface area contributed by atoms with Crippen LogP contribution in [0.15, 0.2) is 24.3 Å². The molecule has 1 aromatic rings. The zero-order valence-electron chi connectivity index (χ0n) is 13.4. The van der Waals surface area contributed by atoms with Gasteiger partial charge in [-0.2, -0.15) is 0 Å². The van der Waals surface area contributed by atoms with Gasteiger partial charge in [-0.25, -0.2) is 0 Å². The van der Waals surface area contributed by atoms with E-state index >= 15 is 0 Å². The monoisotopic (exact) mass is 303 g/mol. The van der Waals surface area contributed by atoms with Crippen LogP contribution in [-0.2, 0) is 4.79 Å². The smallest absolute Gasteiger partial charge is 0.251 e. The molecule has 0 aromatic heterocycles. The molecular formula is C17H25N3O2. The third kappa shape index (κ3) is 4.76. The molecule has 0 atom stereocenters. The van der Waals surface area contributed by atoms with Crippen molar-refractivity contribution in [3.8, 4) is 0 Å². The lowest BCUT2D eigenvalue weighted by Crippen LogP contribution is -2.39. The summed E-state index contributed by atoms with van der Waals surface area (Å²) in [6.07, 6.45) is 3.42. The number of likely N-dealkylation sites (tertiary alicyclic amines) is 1. The predicted octanol–water partition coefficient (Wildman–Crippen LogP) is 2.25. The summed E-state index contributed by atoms with van der Waals surface area (Å²) in [5.41, 5.74) is 1.48. The molecule has 2 N–H and O–H groups in total. The average molecular weight is 303 g/mol. The molecule has 1 aliphatic heterocycles. The molecule has 1 heterocycles. The third-order valence-corrected chi connectivity index (χ3v) is 3.72. The SMILES string of the molecule is CC(C)NC(=O)c1ccc(NCC(=O)N2CCCCC2)cc1. The Bertz CT molecular complexity index is 505. The molecule has 0 saturated carbocycles. The maximum Gasteiger partial charge on any atom is 0.251 e. The second-order valence-corrected chi connectivity index (χ2v) is 6.00. The number of nitrogens with one attached hydrogen (secondary N) is 2. The molecule has 1 aliphatic rings. The lowest BCUT2D eigenvalue weighted by molar-refractivity contribution is -0.130. The Morgan fingerprint density at radius 2 is 1.73 bits per heavy atom. The molecule has 1 aromatic carbocycles. The van der Waals surface area contributed by atoms with Crippen molar-refractivity contribution in [1.82, 2.24) is 10.2 Å². The molecule has 0 unspecified atom stereocenters. The lowest BCUT2D eigenvalue weighted by atomic mass is 10.1. The molecule has 0 aliphatic carbocycles. The van der Waals surface area contributed by atoms with Gasteiger partial charge in [0.15, 0.2) is 0 Å². The molecule has 1 fully saturated rings. The summed E-state index contributed by atoms with van der Waals surface area (Å²) in [5, 5.41) is 5.98. The van der Waals surface area contributed by atoms with Crippen molar-refractivity contribution < 1.29 is 9.59 Å². The van der Waals surface area contributed by atoms with Crippen LogP contribution in [0.1, 0.15) is 43.5 Å². The summed E-state index contributed by atoms with van der Waals surface area (Å²) < 4.78 is 0. The van der Waals surface area contributed by atoms with Gasteiger partial charge in [-0.05, 0) is 57.4 Å². The molecule has 22 heavy (non-hydrogen) atoms. The number of hydrogen-bond donors (Lipinski definition) is 2. The van der Waals surface area contributed by atoms with Crippen molar-refractivity contribution in [2.75, 3.05) is 25.0 Å². The molecule has 0 spiro atoms. The Kier molecular flexibility index (Phi) is 5.81. The van der Waals surface area contributed by atoms with Gasteiger partial charge < -0.3 is 15.5 Å². The number of amides is 2. The summed E-state index contributed by atoms with van der Waals surface area (Å²) in [4.78, 5) is 25.8. The summed E-state index contributed by atoms with van der Waals surface area (Å²) in [6, 6.07) is 7.32. The van der Waals surface area contributed by atoms with Gasteiger partial charge in [-0.15, -0.1) is 0 Å². The van der Waals surface area contributed by atoms with Crippen molar-refractivity contribution in [3.63, 3.8) is 0 Å². The van der Waals surface area contributed by atoms with Gasteiger partial charge in [-0.3, -0.25) is 9.59 Å². The number of carbonyl (C=O) groups excluding carboxylic acids is 2. The van der Waals surface area contributed by atoms with Gasteiger partial charge in [0.2, 0.25) is 5.91 Å². The van der Waals surface area contributed by atoms with Crippen LogP contribution in [0, 0.1) is 0 Å². The first kappa shape index (κ1) is 16.3. The fraction of sp³-hybridized carbons (Fsp3) is 0.529. The number of benzene rings is 1. The van der Waals surface area contributed by atoms with E-state index in [1.54, 1.807) is 12.1 Å². The zero-order valence-corrected chi connectivity index (χ0v) is 13.4. The number of anilines is 1. The number of piperidine rings is 1. The summed E-state index contributed by atoms with van der Waals surface area (Å²) in [6.45, 7) is 5.90. The minimum Gasteiger partial charge on any atom is -0.376 e. The van der Waals surface area contributed by atoms with E-state index in [-0.39, 0.29) is 17.9 Å². The van der Waals surface area contributed by atoms with Crippen LogP contribution >= 0.6 is 0 Å². The normalized spacial score (nSPS) is 14.8. The second-order valence-electron chi connectivity index (χ2n) is 6.00. The van der Waals surface area contributed by atoms with Gasteiger partial charge in [-0.1, -0.05) is 0 Å². The molecule has 2 rings (SSSR count). The van der Waals surface area contributed by atoms with E-state index < -0.39 is 0 Å². The fourth-order valence-electron chi connectivity index (χ4n) is 2.52. The molecule has 0 bridgehead atoms. The first-order valence-electron chi connectivity index (χ1n) is 7.99. The topological polar surface area (TPSA) is 61.4 Å². The quantitative estimate of drug-likeness (QED) is 0.877. The van der Waals surface area contributed by atoms with Crippen LogP contribution in [0.3, 0.4) is 0 Å². The highest BCUT2D eigenvalue weighted by molar-refractivity contribution is 5.94. The molecule has 120 valence electrons. The summed E-state index contributed by atoms with van der Waals surface area (Å²) >= 11 is 0. The van der Waals surface area contributed by atoms with E-state index in [9.17, 15) is 9.59 Å². The predicted molar refractivity (Wildman–Crippen MR) is 88.0 cm³/mol. The van der Waals surface area contributed by atoms with Crippen molar-refractivity contribution in [2.24, 2.45) is 0 Å². The van der Waals surface area contributed by atoms with Crippen molar-refractivity contribution in [3.05, 3.63) is 29.8 Å². The maximum absolute atomic E-state index is 12.1. The molecule has 5 nitrogen and oxygen atoms in total. The Morgan fingerprint density at radius 1 is 1.09 bits per heavy atom. The van der Waals surface area contributed by atoms with Gasteiger partial charge in [0.25, 0.3) is 5.91 Å². The average Bonchev–Trinajstić information content (AvgIpc) is 2.53. The highest BCUT2D eigenvalue weighted by Gasteiger charge is 2.15. The Balaban J connectivity index is 1.83. The number of hydrogen-bond acceptors (Lipinski definition) is 3. The Labute approximate surface area is 132 Å². The van der Waals surface area contributed by atoms with Crippen LogP contribution in [0.25, 0.3) is 0 Å². The second kappa shape index (κ2) is 7.82. The molecule has 1 saturated heterocycles. The van der Waals surface area contributed by atoms with Gasteiger partial charge >= 0.3 is 0 Å². The van der Waals surface area contributed by atoms with Crippen molar-refractivity contribution in [1.29, 1.82) is 0 Å². The fourth-order valence-corrected chi connectivity index (χ4v) is 2.52. The number of nitrogens with zero attached hydrogens (tertiary/aromatic N) is 1. The van der Waals surface area contributed by atoms with Gasteiger partial charge in [0.05, 0.1) is 6.54 Å².